The highest BCUT2D eigenvalue weighted by atomic mass is 16.6. The van der Waals surface area contributed by atoms with E-state index >= 15 is 0 Å². The maximum atomic E-state index is 12.9. The summed E-state index contributed by atoms with van der Waals surface area (Å²) in [4.78, 5) is 27.1. The minimum absolute atomic E-state index is 0.0187. The largest absolute Gasteiger partial charge is 0.314 e. The Morgan fingerprint density at radius 1 is 1.10 bits per heavy atom. The van der Waals surface area contributed by atoms with E-state index in [1.807, 2.05) is 6.07 Å². The van der Waals surface area contributed by atoms with Crippen LogP contribution >= 0.6 is 0 Å². The highest BCUT2D eigenvalue weighted by molar-refractivity contribution is 5.94. The first-order valence-electron chi connectivity index (χ1n) is 9.77. The molecule has 0 N–H and O–H groups in total. The highest BCUT2D eigenvalue weighted by Crippen LogP contribution is 2.35. The summed E-state index contributed by atoms with van der Waals surface area (Å²) in [6, 6.07) is 21.0. The second-order valence-electron chi connectivity index (χ2n) is 7.42. The van der Waals surface area contributed by atoms with Crippen LogP contribution in [0.1, 0.15) is 24.4 Å². The average Bonchev–Trinajstić information content (AvgIpc) is 3.20. The molecule has 1 amide bonds. The maximum Gasteiger partial charge on any atom is 0.269 e. The summed E-state index contributed by atoms with van der Waals surface area (Å²) >= 11 is 0. The molecule has 1 aliphatic heterocycles. The molecule has 148 valence electrons. The van der Waals surface area contributed by atoms with Gasteiger partial charge < -0.3 is 4.90 Å². The molecule has 6 heteroatoms. The number of nitro groups is 1. The predicted octanol–water partition coefficient (Wildman–Crippen LogP) is 4.55. The molecule has 1 saturated heterocycles. The predicted molar refractivity (Wildman–Crippen MR) is 114 cm³/mol. The standard InChI is InChI=1S/C23H23N3O3/c1-24(18-11-13-19(14-12-18)26(28)29)23(27)16-25-15-5-10-22(25)21-9-4-7-17-6-2-3-8-20(17)21/h2-4,6-9,11-14,22H,5,10,15-16H2,1H3. The molecule has 0 aliphatic carbocycles. The van der Waals surface area contributed by atoms with E-state index in [4.69, 9.17) is 0 Å². The lowest BCUT2D eigenvalue weighted by Gasteiger charge is -2.27. The molecule has 0 spiro atoms. The first-order valence-corrected chi connectivity index (χ1v) is 9.77. The number of hydrogen-bond donors (Lipinski definition) is 0. The lowest BCUT2D eigenvalue weighted by atomic mass is 9.97. The van der Waals surface area contributed by atoms with E-state index in [9.17, 15) is 14.9 Å². The van der Waals surface area contributed by atoms with Gasteiger partial charge in [0.05, 0.1) is 11.5 Å². The molecule has 3 aromatic rings. The number of amides is 1. The highest BCUT2D eigenvalue weighted by Gasteiger charge is 2.29. The fourth-order valence-corrected chi connectivity index (χ4v) is 4.13. The molecule has 0 radical (unpaired) electrons. The summed E-state index contributed by atoms with van der Waals surface area (Å²) in [7, 11) is 1.71. The van der Waals surface area contributed by atoms with Crippen molar-refractivity contribution in [1.29, 1.82) is 0 Å². The number of benzene rings is 3. The molecule has 1 fully saturated rings. The number of carbonyl (C=O) groups excluding carboxylic acids is 1. The van der Waals surface area contributed by atoms with E-state index < -0.39 is 4.92 Å². The van der Waals surface area contributed by atoms with Crippen molar-refractivity contribution in [3.05, 3.63) is 82.4 Å². The molecular weight excluding hydrogens is 366 g/mol. The summed E-state index contributed by atoms with van der Waals surface area (Å²) < 4.78 is 0. The number of rotatable bonds is 5. The third-order valence-electron chi connectivity index (χ3n) is 5.71. The molecule has 0 aromatic heterocycles. The van der Waals surface area contributed by atoms with Gasteiger partial charge in [-0.2, -0.15) is 0 Å². The lowest BCUT2D eigenvalue weighted by molar-refractivity contribution is -0.384. The number of fused-ring (bicyclic) bond motifs is 1. The van der Waals surface area contributed by atoms with Gasteiger partial charge in [0.1, 0.15) is 0 Å². The summed E-state index contributed by atoms with van der Waals surface area (Å²) in [5.41, 5.74) is 1.94. The number of nitro benzene ring substituents is 1. The fourth-order valence-electron chi connectivity index (χ4n) is 4.13. The van der Waals surface area contributed by atoms with Gasteiger partial charge in [0.25, 0.3) is 5.69 Å². The van der Waals surface area contributed by atoms with Gasteiger partial charge in [-0.25, -0.2) is 0 Å². The molecule has 1 atom stereocenters. The molecule has 1 aliphatic rings. The number of anilines is 1. The van der Waals surface area contributed by atoms with Gasteiger partial charge in [-0.15, -0.1) is 0 Å². The Balaban J connectivity index is 1.52. The van der Waals surface area contributed by atoms with Crippen LogP contribution in [-0.2, 0) is 4.79 Å². The van der Waals surface area contributed by atoms with E-state index in [1.54, 1.807) is 24.1 Å². The Morgan fingerprint density at radius 3 is 2.59 bits per heavy atom. The number of likely N-dealkylation sites (tertiary alicyclic amines) is 1. The maximum absolute atomic E-state index is 12.9. The smallest absolute Gasteiger partial charge is 0.269 e. The van der Waals surface area contributed by atoms with Crippen molar-refractivity contribution in [2.75, 3.05) is 25.0 Å². The van der Waals surface area contributed by atoms with Gasteiger partial charge in [-0.1, -0.05) is 42.5 Å². The summed E-state index contributed by atoms with van der Waals surface area (Å²) in [6.07, 6.45) is 2.09. The van der Waals surface area contributed by atoms with Crippen molar-refractivity contribution >= 4 is 28.1 Å². The first-order chi connectivity index (χ1) is 14.0. The van der Waals surface area contributed by atoms with Crippen molar-refractivity contribution in [3.8, 4) is 0 Å². The van der Waals surface area contributed by atoms with E-state index in [2.05, 4.69) is 41.3 Å². The van der Waals surface area contributed by atoms with Crippen LogP contribution in [-0.4, -0.2) is 35.9 Å². The summed E-state index contributed by atoms with van der Waals surface area (Å²) in [5, 5.41) is 13.3. The van der Waals surface area contributed by atoms with Crippen LogP contribution in [0.2, 0.25) is 0 Å². The van der Waals surface area contributed by atoms with Gasteiger partial charge in [0.15, 0.2) is 0 Å². The van der Waals surface area contributed by atoms with Gasteiger partial charge in [0.2, 0.25) is 5.91 Å². The SMILES string of the molecule is CN(C(=O)CN1CCCC1c1cccc2ccccc12)c1ccc([N+](=O)[O-])cc1. The van der Waals surface area contributed by atoms with Gasteiger partial charge in [0, 0.05) is 30.9 Å². The zero-order valence-electron chi connectivity index (χ0n) is 16.3. The molecule has 6 nitrogen and oxygen atoms in total. The number of nitrogens with zero attached hydrogens (tertiary/aromatic N) is 3. The van der Waals surface area contributed by atoms with Crippen LogP contribution in [0.25, 0.3) is 10.8 Å². The first kappa shape index (κ1) is 19.1. The molecule has 1 unspecified atom stereocenters. The third kappa shape index (κ3) is 3.84. The van der Waals surface area contributed by atoms with Crippen LogP contribution in [0.5, 0.6) is 0 Å². The zero-order valence-corrected chi connectivity index (χ0v) is 16.3. The van der Waals surface area contributed by atoms with E-state index in [0.717, 1.165) is 19.4 Å². The topological polar surface area (TPSA) is 66.7 Å². The summed E-state index contributed by atoms with van der Waals surface area (Å²) in [6.45, 7) is 1.20. The van der Waals surface area contributed by atoms with Crippen LogP contribution in [0.15, 0.2) is 66.7 Å². The molecule has 3 aromatic carbocycles. The lowest BCUT2D eigenvalue weighted by Crippen LogP contribution is -2.38. The van der Waals surface area contributed by atoms with E-state index in [1.165, 1.54) is 28.5 Å². The second kappa shape index (κ2) is 8.01. The Kier molecular flexibility index (Phi) is 5.27. The average molecular weight is 389 g/mol. The monoisotopic (exact) mass is 389 g/mol. The Morgan fingerprint density at radius 2 is 1.83 bits per heavy atom. The zero-order chi connectivity index (χ0) is 20.4. The Labute approximate surface area is 169 Å². The van der Waals surface area contributed by atoms with Crippen LogP contribution in [0.4, 0.5) is 11.4 Å². The van der Waals surface area contributed by atoms with Crippen molar-refractivity contribution in [3.63, 3.8) is 0 Å². The Bertz CT molecular complexity index is 1040. The van der Waals surface area contributed by atoms with Gasteiger partial charge in [-0.3, -0.25) is 19.8 Å². The van der Waals surface area contributed by atoms with Crippen molar-refractivity contribution in [1.82, 2.24) is 4.90 Å². The summed E-state index contributed by atoms with van der Waals surface area (Å²) in [5.74, 6) is -0.0222. The van der Waals surface area contributed by atoms with Crippen molar-refractivity contribution in [2.45, 2.75) is 18.9 Å². The minimum atomic E-state index is -0.440. The van der Waals surface area contributed by atoms with Gasteiger partial charge >= 0.3 is 0 Å². The normalized spacial score (nSPS) is 16.8. The van der Waals surface area contributed by atoms with Crippen molar-refractivity contribution in [2.24, 2.45) is 0 Å². The minimum Gasteiger partial charge on any atom is -0.314 e. The van der Waals surface area contributed by atoms with Crippen LogP contribution in [0, 0.1) is 10.1 Å². The Hall–Kier alpha value is -3.25. The number of carbonyl (C=O) groups is 1. The third-order valence-corrected chi connectivity index (χ3v) is 5.71. The second-order valence-corrected chi connectivity index (χ2v) is 7.42. The van der Waals surface area contributed by atoms with Gasteiger partial charge in [-0.05, 0) is 47.9 Å². The molecule has 29 heavy (non-hydrogen) atoms. The van der Waals surface area contributed by atoms with E-state index in [0.29, 0.717) is 12.2 Å². The number of hydrogen-bond acceptors (Lipinski definition) is 4. The molecule has 4 rings (SSSR count). The van der Waals surface area contributed by atoms with Crippen LogP contribution < -0.4 is 4.90 Å². The van der Waals surface area contributed by atoms with E-state index in [-0.39, 0.29) is 17.6 Å². The molecular formula is C23H23N3O3. The molecule has 0 bridgehead atoms. The van der Waals surface area contributed by atoms with Crippen molar-refractivity contribution < 1.29 is 9.72 Å². The quantitative estimate of drug-likeness (QED) is 0.474. The molecule has 0 saturated carbocycles. The van der Waals surface area contributed by atoms with Crippen LogP contribution in [0.3, 0.4) is 0 Å². The number of non-ortho nitro benzene ring substituents is 1. The number of likely N-dealkylation sites (N-methyl/N-ethyl adjacent to an activating group) is 1. The molecule has 1 heterocycles. The fraction of sp³-hybridized carbons (Fsp3) is 0.261.